The minimum absolute atomic E-state index is 0.0158. The van der Waals surface area contributed by atoms with E-state index in [0.717, 1.165) is 19.3 Å². The molecule has 13 heavy (non-hydrogen) atoms. The van der Waals surface area contributed by atoms with Crippen LogP contribution >= 0.6 is 0 Å². The molecule has 0 heterocycles. The summed E-state index contributed by atoms with van der Waals surface area (Å²) in [6.45, 7) is 2.12. The molecule has 1 rings (SSSR count). The molecule has 0 atom stereocenters. The molecule has 0 aromatic heterocycles. The molecule has 4 heteroatoms. The van der Waals surface area contributed by atoms with Gasteiger partial charge in [-0.25, -0.2) is 10.5 Å². The minimum atomic E-state index is -0.0158. The average Bonchev–Trinajstić information content (AvgIpc) is 2.19. The summed E-state index contributed by atoms with van der Waals surface area (Å²) >= 11 is 0. The van der Waals surface area contributed by atoms with E-state index in [2.05, 4.69) is 11.9 Å². The van der Waals surface area contributed by atoms with Gasteiger partial charge in [0.15, 0.2) is 0 Å². The summed E-state index contributed by atoms with van der Waals surface area (Å²) in [5, 5.41) is 8.57. The summed E-state index contributed by atoms with van der Waals surface area (Å²) < 4.78 is 0. The lowest BCUT2D eigenvalue weighted by atomic mass is 9.80. The van der Waals surface area contributed by atoms with Crippen LogP contribution < -0.4 is 11.2 Å². The fourth-order valence-corrected chi connectivity index (χ4v) is 2.03. The van der Waals surface area contributed by atoms with Gasteiger partial charge in [0.25, 0.3) is 0 Å². The normalized spacial score (nSPS) is 22.8. The Morgan fingerprint density at radius 1 is 1.46 bits per heavy atom. The van der Waals surface area contributed by atoms with Crippen molar-refractivity contribution >= 4 is 5.96 Å². The van der Waals surface area contributed by atoms with Gasteiger partial charge in [-0.3, -0.25) is 5.21 Å². The van der Waals surface area contributed by atoms with Gasteiger partial charge in [0, 0.05) is 0 Å². The number of nitrogens with two attached hydrogens (primary N) is 1. The Morgan fingerprint density at radius 3 is 2.54 bits per heavy atom. The van der Waals surface area contributed by atoms with Crippen LogP contribution in [0.25, 0.3) is 0 Å². The van der Waals surface area contributed by atoms with E-state index in [0.29, 0.717) is 0 Å². The first-order valence-electron chi connectivity index (χ1n) is 4.98. The van der Waals surface area contributed by atoms with E-state index < -0.39 is 0 Å². The maximum absolute atomic E-state index is 8.57. The standard InChI is InChI=1S/C9H19N3O/c1-2-9(11-8(10)12-13)6-4-3-5-7-9/h13H,2-7H2,1H3,(H3,10,11,12). The molecule has 76 valence electrons. The molecule has 1 saturated carbocycles. The van der Waals surface area contributed by atoms with Crippen molar-refractivity contribution in [2.24, 2.45) is 10.7 Å². The van der Waals surface area contributed by atoms with E-state index in [-0.39, 0.29) is 11.5 Å². The summed E-state index contributed by atoms with van der Waals surface area (Å²) in [6.07, 6.45) is 6.91. The molecule has 4 nitrogen and oxygen atoms in total. The summed E-state index contributed by atoms with van der Waals surface area (Å²) in [7, 11) is 0. The summed E-state index contributed by atoms with van der Waals surface area (Å²) in [5.41, 5.74) is 7.34. The Labute approximate surface area is 79.2 Å². The van der Waals surface area contributed by atoms with Crippen LogP contribution in [0.5, 0.6) is 0 Å². The Balaban J connectivity index is 2.67. The number of rotatable bonds is 2. The molecule has 0 unspecified atom stereocenters. The number of guanidine groups is 1. The predicted octanol–water partition coefficient (Wildman–Crippen LogP) is 1.39. The van der Waals surface area contributed by atoms with Crippen LogP contribution in [0.2, 0.25) is 0 Å². The second-order valence-electron chi connectivity index (χ2n) is 3.75. The largest absolute Gasteiger partial charge is 0.368 e. The van der Waals surface area contributed by atoms with E-state index in [1.165, 1.54) is 19.3 Å². The molecule has 4 N–H and O–H groups in total. The zero-order valence-electron chi connectivity index (χ0n) is 8.21. The molecule has 0 saturated heterocycles. The van der Waals surface area contributed by atoms with Gasteiger partial charge in [-0.05, 0) is 19.3 Å². The van der Waals surface area contributed by atoms with Gasteiger partial charge in [0.05, 0.1) is 5.54 Å². The van der Waals surface area contributed by atoms with Gasteiger partial charge in [-0.2, -0.15) is 0 Å². The average molecular weight is 185 g/mol. The van der Waals surface area contributed by atoms with Gasteiger partial charge in [0.1, 0.15) is 0 Å². The molecule has 1 fully saturated rings. The van der Waals surface area contributed by atoms with Gasteiger partial charge in [-0.1, -0.05) is 26.2 Å². The van der Waals surface area contributed by atoms with Crippen molar-refractivity contribution in [3.05, 3.63) is 0 Å². The number of nitrogens with zero attached hydrogens (tertiary/aromatic N) is 1. The van der Waals surface area contributed by atoms with Crippen molar-refractivity contribution in [3.8, 4) is 0 Å². The quantitative estimate of drug-likeness (QED) is 0.346. The molecule has 0 spiro atoms. The molecule has 1 aliphatic rings. The number of hydroxylamine groups is 1. The van der Waals surface area contributed by atoms with Gasteiger partial charge >= 0.3 is 0 Å². The maximum Gasteiger partial charge on any atom is 0.213 e. The minimum Gasteiger partial charge on any atom is -0.368 e. The van der Waals surface area contributed by atoms with Crippen LogP contribution in [0, 0.1) is 0 Å². The SMILES string of the molecule is CCC1(N=C(N)NO)CCCCC1. The van der Waals surface area contributed by atoms with Crippen molar-refractivity contribution < 1.29 is 5.21 Å². The van der Waals surface area contributed by atoms with Crippen molar-refractivity contribution in [3.63, 3.8) is 0 Å². The number of hydrogen-bond acceptors (Lipinski definition) is 2. The monoisotopic (exact) mass is 185 g/mol. The third-order valence-corrected chi connectivity index (χ3v) is 2.91. The molecule has 0 aromatic rings. The summed E-state index contributed by atoms with van der Waals surface area (Å²) in [5.74, 6) is 0.142. The first-order valence-corrected chi connectivity index (χ1v) is 4.98. The maximum atomic E-state index is 8.57. The first kappa shape index (κ1) is 10.3. The Morgan fingerprint density at radius 2 is 2.08 bits per heavy atom. The molecule has 0 aromatic carbocycles. The van der Waals surface area contributed by atoms with E-state index in [9.17, 15) is 0 Å². The van der Waals surface area contributed by atoms with E-state index in [4.69, 9.17) is 10.9 Å². The third-order valence-electron chi connectivity index (χ3n) is 2.91. The smallest absolute Gasteiger partial charge is 0.213 e. The second kappa shape index (κ2) is 4.46. The molecule has 0 bridgehead atoms. The van der Waals surface area contributed by atoms with Crippen LogP contribution in [0.3, 0.4) is 0 Å². The first-order chi connectivity index (χ1) is 6.22. The Kier molecular flexibility index (Phi) is 3.54. The zero-order valence-corrected chi connectivity index (χ0v) is 8.21. The van der Waals surface area contributed by atoms with Crippen molar-refractivity contribution in [2.45, 2.75) is 51.0 Å². The number of aliphatic imine (C=N–C) groups is 1. The second-order valence-corrected chi connectivity index (χ2v) is 3.75. The van der Waals surface area contributed by atoms with Crippen molar-refractivity contribution in [1.82, 2.24) is 5.48 Å². The Bertz CT molecular complexity index is 185. The van der Waals surface area contributed by atoms with Gasteiger partial charge in [-0.15, -0.1) is 0 Å². The zero-order chi connectivity index (χ0) is 9.73. The molecule has 0 amide bonds. The highest BCUT2D eigenvalue weighted by atomic mass is 16.5. The number of hydrogen-bond donors (Lipinski definition) is 3. The van der Waals surface area contributed by atoms with Crippen molar-refractivity contribution in [1.29, 1.82) is 0 Å². The van der Waals surface area contributed by atoms with Gasteiger partial charge in [0.2, 0.25) is 5.96 Å². The number of nitrogens with one attached hydrogen (secondary N) is 1. The fraction of sp³-hybridized carbons (Fsp3) is 0.889. The highest BCUT2D eigenvalue weighted by Gasteiger charge is 2.29. The van der Waals surface area contributed by atoms with Crippen LogP contribution in [0.15, 0.2) is 4.99 Å². The highest BCUT2D eigenvalue weighted by molar-refractivity contribution is 5.77. The van der Waals surface area contributed by atoms with Crippen LogP contribution in [0.1, 0.15) is 45.4 Å². The Hall–Kier alpha value is -0.770. The highest BCUT2D eigenvalue weighted by Crippen LogP contribution is 2.34. The molecule has 0 aliphatic heterocycles. The van der Waals surface area contributed by atoms with E-state index in [1.54, 1.807) is 0 Å². The fourth-order valence-electron chi connectivity index (χ4n) is 2.03. The summed E-state index contributed by atoms with van der Waals surface area (Å²) in [4.78, 5) is 4.34. The lowest BCUT2D eigenvalue weighted by Crippen LogP contribution is -2.36. The lowest BCUT2D eigenvalue weighted by Gasteiger charge is -2.32. The molecule has 0 radical (unpaired) electrons. The topological polar surface area (TPSA) is 70.6 Å². The molecular weight excluding hydrogens is 166 g/mol. The lowest BCUT2D eigenvalue weighted by molar-refractivity contribution is 0.226. The molecular formula is C9H19N3O. The van der Waals surface area contributed by atoms with Crippen LogP contribution in [-0.2, 0) is 0 Å². The van der Waals surface area contributed by atoms with E-state index in [1.807, 2.05) is 5.48 Å². The predicted molar refractivity (Wildman–Crippen MR) is 52.7 cm³/mol. The van der Waals surface area contributed by atoms with Crippen LogP contribution in [-0.4, -0.2) is 16.7 Å². The summed E-state index contributed by atoms with van der Waals surface area (Å²) in [6, 6.07) is 0. The third kappa shape index (κ3) is 2.59. The molecule has 1 aliphatic carbocycles. The van der Waals surface area contributed by atoms with Crippen molar-refractivity contribution in [2.75, 3.05) is 0 Å². The van der Waals surface area contributed by atoms with Gasteiger partial charge < -0.3 is 5.73 Å². The van der Waals surface area contributed by atoms with E-state index >= 15 is 0 Å². The van der Waals surface area contributed by atoms with Crippen LogP contribution in [0.4, 0.5) is 0 Å².